The van der Waals surface area contributed by atoms with Crippen molar-refractivity contribution in [2.45, 2.75) is 26.3 Å². The summed E-state index contributed by atoms with van der Waals surface area (Å²) in [7, 11) is 0. The highest BCUT2D eigenvalue weighted by molar-refractivity contribution is 7.03. The predicted molar refractivity (Wildman–Crippen MR) is 140 cm³/mol. The lowest BCUT2D eigenvalue weighted by molar-refractivity contribution is 0.0698. The second-order valence-electron chi connectivity index (χ2n) is 8.33. The van der Waals surface area contributed by atoms with E-state index in [1.165, 1.54) is 0 Å². The highest BCUT2D eigenvalue weighted by Crippen LogP contribution is 2.31. The first-order chi connectivity index (χ1) is 17.5. The molecule has 2 heterocycles. The zero-order chi connectivity index (χ0) is 25.1. The summed E-state index contributed by atoms with van der Waals surface area (Å²) in [5.41, 5.74) is 5.07. The van der Waals surface area contributed by atoms with E-state index in [0.717, 1.165) is 46.6 Å². The van der Waals surface area contributed by atoms with Gasteiger partial charge in [0.15, 0.2) is 5.82 Å². The first-order valence-corrected chi connectivity index (χ1v) is 12.5. The smallest absolute Gasteiger partial charge is 0.344 e. The number of hydrogen-bond donors (Lipinski definition) is 2. The fraction of sp³-hybridized carbons (Fsp3) is 0.185. The fourth-order valence-corrected chi connectivity index (χ4v) is 4.64. The Balaban J connectivity index is 1.51. The van der Waals surface area contributed by atoms with Crippen molar-refractivity contribution >= 4 is 28.5 Å². The van der Waals surface area contributed by atoms with Gasteiger partial charge in [0.25, 0.3) is 6.01 Å². The Bertz CT molecular complexity index is 1580. The van der Waals surface area contributed by atoms with Crippen LogP contribution in [-0.4, -0.2) is 36.6 Å². The monoisotopic (exact) mass is 500 g/mol. The molecule has 8 nitrogen and oxygen atoms in total. The number of aromatic carboxylic acids is 1. The zero-order valence-corrected chi connectivity index (χ0v) is 20.4. The maximum atomic E-state index is 11.9. The lowest BCUT2D eigenvalue weighted by Gasteiger charge is -2.12. The van der Waals surface area contributed by atoms with Gasteiger partial charge < -0.3 is 9.84 Å². The van der Waals surface area contributed by atoms with Crippen molar-refractivity contribution in [2.24, 2.45) is 0 Å². The number of benzene rings is 3. The van der Waals surface area contributed by atoms with Gasteiger partial charge in [-0.25, -0.2) is 4.79 Å². The summed E-state index contributed by atoms with van der Waals surface area (Å²) >= 11 is 0.966. The van der Waals surface area contributed by atoms with Crippen LogP contribution >= 0.6 is 11.5 Å². The third kappa shape index (κ3) is 4.65. The minimum absolute atomic E-state index is 0.188. The normalized spacial score (nSPS) is 11.1. The number of unbranched alkanes of at least 4 members (excludes halogenated alkanes) is 1. The third-order valence-electron chi connectivity index (χ3n) is 5.92. The van der Waals surface area contributed by atoms with Gasteiger partial charge in [0.2, 0.25) is 0 Å². The van der Waals surface area contributed by atoms with Crippen LogP contribution in [0.5, 0.6) is 6.01 Å². The highest BCUT2D eigenvalue weighted by atomic mass is 32.1. The minimum atomic E-state index is -1.01. The van der Waals surface area contributed by atoms with Crippen LogP contribution in [0.3, 0.4) is 0 Å². The number of carboxylic acid groups (broad SMARTS) is 1. The maximum absolute atomic E-state index is 11.9. The second kappa shape index (κ2) is 10.2. The Hall–Kier alpha value is -4.24. The van der Waals surface area contributed by atoms with Crippen molar-refractivity contribution in [2.75, 3.05) is 6.61 Å². The van der Waals surface area contributed by atoms with Crippen molar-refractivity contribution in [3.8, 4) is 28.5 Å². The van der Waals surface area contributed by atoms with E-state index in [1.54, 1.807) is 18.2 Å². The van der Waals surface area contributed by atoms with E-state index in [9.17, 15) is 14.7 Å². The topological polar surface area (TPSA) is 110 Å². The lowest BCUT2D eigenvalue weighted by atomic mass is 9.98. The van der Waals surface area contributed by atoms with Gasteiger partial charge in [-0.3, -0.25) is 13.7 Å². The molecule has 0 aliphatic rings. The molecule has 2 aromatic heterocycles. The van der Waals surface area contributed by atoms with Crippen molar-refractivity contribution in [1.29, 1.82) is 0 Å². The summed E-state index contributed by atoms with van der Waals surface area (Å²) in [4.78, 5) is 31.9. The van der Waals surface area contributed by atoms with Crippen molar-refractivity contribution in [1.82, 2.24) is 18.9 Å². The van der Waals surface area contributed by atoms with Gasteiger partial charge in [-0.15, -0.1) is 0 Å². The molecule has 0 spiro atoms. The molecule has 5 aromatic rings. The van der Waals surface area contributed by atoms with Crippen molar-refractivity contribution in [3.63, 3.8) is 0 Å². The van der Waals surface area contributed by atoms with Crippen LogP contribution in [-0.2, 0) is 6.54 Å². The molecule has 9 heteroatoms. The average molecular weight is 501 g/mol. The van der Waals surface area contributed by atoms with Gasteiger partial charge in [-0.1, -0.05) is 67.9 Å². The molecule has 0 saturated carbocycles. The number of H-pyrrole nitrogens is 1. The number of nitrogens with one attached hydrogen (secondary N) is 1. The Labute approximate surface area is 211 Å². The van der Waals surface area contributed by atoms with Gasteiger partial charge >= 0.3 is 10.8 Å². The summed E-state index contributed by atoms with van der Waals surface area (Å²) in [6.07, 6.45) is 1.87. The van der Waals surface area contributed by atoms with Gasteiger partial charge in [0.1, 0.15) is 0 Å². The standard InChI is InChI=1S/C27H24N4O4S/c1-2-3-15-35-26-28-22-10-6-9-21(25(32)33)23(22)31(26)16-17-11-13-18(14-12-17)19-7-4-5-8-20(19)24-29-27(34)36-30-24/h4-14H,2-3,15-16H2,1H3,(H,32,33)(H,29,30,34). The number of imidazole rings is 1. The summed E-state index contributed by atoms with van der Waals surface area (Å²) in [6.45, 7) is 3.00. The van der Waals surface area contributed by atoms with E-state index in [4.69, 9.17) is 4.74 Å². The van der Waals surface area contributed by atoms with Gasteiger partial charge in [-0.2, -0.15) is 9.97 Å². The molecule has 0 amide bonds. The van der Waals surface area contributed by atoms with Crippen LogP contribution in [0.4, 0.5) is 0 Å². The molecule has 0 saturated heterocycles. The number of nitrogens with zero attached hydrogens (tertiary/aromatic N) is 3. The molecular formula is C27H24N4O4S. The van der Waals surface area contributed by atoms with Crippen LogP contribution < -0.4 is 9.61 Å². The minimum Gasteiger partial charge on any atom is -0.478 e. The van der Waals surface area contributed by atoms with Gasteiger partial charge in [0, 0.05) is 17.1 Å². The number of carbonyl (C=O) groups is 1. The molecule has 182 valence electrons. The molecule has 36 heavy (non-hydrogen) atoms. The molecule has 0 radical (unpaired) electrons. The quantitative estimate of drug-likeness (QED) is 0.261. The third-order valence-corrected chi connectivity index (χ3v) is 6.48. The summed E-state index contributed by atoms with van der Waals surface area (Å²) in [5.74, 6) is -0.460. The fourth-order valence-electron chi connectivity index (χ4n) is 4.16. The number of aromatic amines is 1. The van der Waals surface area contributed by atoms with E-state index in [2.05, 4.69) is 21.3 Å². The van der Waals surface area contributed by atoms with Crippen LogP contribution in [0.25, 0.3) is 33.5 Å². The first kappa shape index (κ1) is 23.5. The Morgan fingerprint density at radius 1 is 1.03 bits per heavy atom. The van der Waals surface area contributed by atoms with Crippen LogP contribution in [0.15, 0.2) is 71.5 Å². The predicted octanol–water partition coefficient (Wildman–Crippen LogP) is 5.44. The van der Waals surface area contributed by atoms with E-state index in [0.29, 0.717) is 36.0 Å². The number of hydrogen-bond acceptors (Lipinski definition) is 6. The lowest BCUT2D eigenvalue weighted by Crippen LogP contribution is -2.08. The number of fused-ring (bicyclic) bond motifs is 1. The Kier molecular flexibility index (Phi) is 6.64. The number of carboxylic acids is 1. The molecule has 0 unspecified atom stereocenters. The first-order valence-electron chi connectivity index (χ1n) is 11.6. The van der Waals surface area contributed by atoms with Crippen molar-refractivity contribution in [3.05, 3.63) is 87.5 Å². The Morgan fingerprint density at radius 2 is 1.81 bits per heavy atom. The Morgan fingerprint density at radius 3 is 2.50 bits per heavy atom. The summed E-state index contributed by atoms with van der Waals surface area (Å²) < 4.78 is 10.8. The molecule has 5 rings (SSSR count). The number of rotatable bonds is 9. The van der Waals surface area contributed by atoms with E-state index in [-0.39, 0.29) is 10.4 Å². The highest BCUT2D eigenvalue weighted by Gasteiger charge is 2.19. The average Bonchev–Trinajstić information content (AvgIpc) is 3.48. The zero-order valence-electron chi connectivity index (χ0n) is 19.6. The molecule has 3 aromatic carbocycles. The second-order valence-corrected chi connectivity index (χ2v) is 9.09. The van der Waals surface area contributed by atoms with Gasteiger partial charge in [-0.05, 0) is 35.2 Å². The maximum Gasteiger partial charge on any atom is 0.344 e. The van der Waals surface area contributed by atoms with E-state index in [1.807, 2.05) is 53.1 Å². The van der Waals surface area contributed by atoms with Gasteiger partial charge in [0.05, 0.1) is 29.7 Å². The summed E-state index contributed by atoms with van der Waals surface area (Å²) in [6, 6.07) is 21.3. The van der Waals surface area contributed by atoms with Crippen LogP contribution in [0.2, 0.25) is 0 Å². The molecule has 2 N–H and O–H groups in total. The number of ether oxygens (including phenoxy) is 1. The van der Waals surface area contributed by atoms with Crippen LogP contribution in [0.1, 0.15) is 35.7 Å². The molecule has 0 atom stereocenters. The molecule has 0 aliphatic heterocycles. The van der Waals surface area contributed by atoms with E-state index < -0.39 is 5.97 Å². The summed E-state index contributed by atoms with van der Waals surface area (Å²) in [5, 5.41) is 9.77. The van der Waals surface area contributed by atoms with Crippen molar-refractivity contribution < 1.29 is 14.6 Å². The number of para-hydroxylation sites is 1. The molecule has 0 bridgehead atoms. The molecular weight excluding hydrogens is 476 g/mol. The van der Waals surface area contributed by atoms with E-state index >= 15 is 0 Å². The molecule has 0 aliphatic carbocycles. The number of aromatic nitrogens is 4. The van der Waals surface area contributed by atoms with Crippen LogP contribution in [0, 0.1) is 0 Å². The largest absolute Gasteiger partial charge is 0.478 e. The SMILES string of the molecule is CCCCOc1nc2cccc(C(=O)O)c2n1Cc1ccc(-c2ccccc2-c2nc(=O)s[nH]2)cc1. The molecule has 0 fully saturated rings.